The van der Waals surface area contributed by atoms with Gasteiger partial charge in [0.25, 0.3) is 0 Å². The third kappa shape index (κ3) is 10.3. The first-order valence-electron chi connectivity index (χ1n) is 6.36. The van der Waals surface area contributed by atoms with Crippen LogP contribution in [0.15, 0.2) is 0 Å². The van der Waals surface area contributed by atoms with Gasteiger partial charge in [0, 0.05) is 39.3 Å². The zero-order valence-corrected chi connectivity index (χ0v) is 11.9. The van der Waals surface area contributed by atoms with Gasteiger partial charge in [-0.3, -0.25) is 4.79 Å². The van der Waals surface area contributed by atoms with Crippen molar-refractivity contribution < 1.29 is 9.53 Å². The van der Waals surface area contributed by atoms with Crippen LogP contribution in [0.3, 0.4) is 0 Å². The van der Waals surface area contributed by atoms with E-state index in [1.165, 1.54) is 0 Å². The lowest BCUT2D eigenvalue weighted by molar-refractivity contribution is -0.121. The first-order valence-corrected chi connectivity index (χ1v) is 6.36. The highest BCUT2D eigenvalue weighted by Crippen LogP contribution is 2.18. The average Bonchev–Trinajstić information content (AvgIpc) is 2.23. The number of nitrogens with one attached hydrogen (secondary N) is 2. The number of rotatable bonds is 9. The Morgan fingerprint density at radius 1 is 1.35 bits per heavy atom. The van der Waals surface area contributed by atoms with Crippen LogP contribution >= 0.6 is 0 Å². The summed E-state index contributed by atoms with van der Waals surface area (Å²) in [7, 11) is 1.70. The van der Waals surface area contributed by atoms with E-state index in [0.29, 0.717) is 19.0 Å². The molecule has 0 bridgehead atoms. The summed E-state index contributed by atoms with van der Waals surface area (Å²) < 4.78 is 5.05. The maximum atomic E-state index is 11.6. The fraction of sp³-hybridized carbons (Fsp3) is 0.923. The number of methoxy groups -OCH3 is 1. The van der Waals surface area contributed by atoms with Gasteiger partial charge in [-0.2, -0.15) is 0 Å². The van der Waals surface area contributed by atoms with E-state index in [0.717, 1.165) is 19.6 Å². The number of ether oxygens (including phenoxy) is 1. The van der Waals surface area contributed by atoms with E-state index in [2.05, 4.69) is 38.3 Å². The Kier molecular flexibility index (Phi) is 8.17. The van der Waals surface area contributed by atoms with E-state index >= 15 is 0 Å². The van der Waals surface area contributed by atoms with Gasteiger partial charge in [0.2, 0.25) is 5.91 Å². The number of hydrogen-bond acceptors (Lipinski definition) is 3. The van der Waals surface area contributed by atoms with E-state index in [1.54, 1.807) is 7.11 Å². The van der Waals surface area contributed by atoms with E-state index < -0.39 is 0 Å². The van der Waals surface area contributed by atoms with Gasteiger partial charge in [-0.1, -0.05) is 27.7 Å². The monoisotopic (exact) mass is 244 g/mol. The fourth-order valence-corrected chi connectivity index (χ4v) is 1.37. The summed E-state index contributed by atoms with van der Waals surface area (Å²) in [6.07, 6.45) is 1.49. The number of hydrogen-bond donors (Lipinski definition) is 2. The number of carbonyl (C=O) groups excluding carboxylic acids is 1. The normalized spacial score (nSPS) is 11.9. The smallest absolute Gasteiger partial charge is 0.221 e. The molecule has 4 nitrogen and oxygen atoms in total. The average molecular weight is 244 g/mol. The first kappa shape index (κ1) is 16.4. The molecule has 0 aliphatic carbocycles. The zero-order chi connectivity index (χ0) is 13.3. The Morgan fingerprint density at radius 2 is 2.00 bits per heavy atom. The van der Waals surface area contributed by atoms with Gasteiger partial charge in [-0.05, 0) is 11.8 Å². The molecule has 0 heterocycles. The quantitative estimate of drug-likeness (QED) is 0.647. The van der Waals surface area contributed by atoms with Crippen LogP contribution in [0.4, 0.5) is 0 Å². The first-order chi connectivity index (χ1) is 7.87. The third-order valence-electron chi connectivity index (χ3n) is 2.65. The Balaban J connectivity index is 3.67. The van der Waals surface area contributed by atoms with Crippen LogP contribution in [0, 0.1) is 5.41 Å². The fourth-order valence-electron chi connectivity index (χ4n) is 1.37. The van der Waals surface area contributed by atoms with Gasteiger partial charge in [-0.15, -0.1) is 0 Å². The second kappa shape index (κ2) is 8.48. The number of amides is 1. The van der Waals surface area contributed by atoms with Crippen molar-refractivity contribution in [3.63, 3.8) is 0 Å². The topological polar surface area (TPSA) is 50.4 Å². The summed E-state index contributed by atoms with van der Waals surface area (Å²) in [6.45, 7) is 10.6. The van der Waals surface area contributed by atoms with Crippen molar-refractivity contribution >= 4 is 5.91 Å². The standard InChI is InChI=1S/C13H28N2O2/c1-11(2)14-8-6-12(16)15-10-13(3,4)7-9-17-5/h11,14H,6-10H2,1-5H3,(H,15,16). The lowest BCUT2D eigenvalue weighted by atomic mass is 9.89. The summed E-state index contributed by atoms with van der Waals surface area (Å²) in [6, 6.07) is 0.431. The Morgan fingerprint density at radius 3 is 2.53 bits per heavy atom. The van der Waals surface area contributed by atoms with Crippen molar-refractivity contribution in [1.82, 2.24) is 10.6 Å². The predicted molar refractivity (Wildman–Crippen MR) is 71.0 cm³/mol. The summed E-state index contributed by atoms with van der Waals surface area (Å²) in [5.41, 5.74) is 0.0944. The Hall–Kier alpha value is -0.610. The minimum Gasteiger partial charge on any atom is -0.385 e. The van der Waals surface area contributed by atoms with Crippen molar-refractivity contribution in [2.24, 2.45) is 5.41 Å². The Labute approximate surface area is 105 Å². The second-order valence-electron chi connectivity index (χ2n) is 5.54. The predicted octanol–water partition coefficient (Wildman–Crippen LogP) is 1.55. The lowest BCUT2D eigenvalue weighted by Gasteiger charge is -2.24. The van der Waals surface area contributed by atoms with Gasteiger partial charge < -0.3 is 15.4 Å². The molecule has 0 aromatic carbocycles. The van der Waals surface area contributed by atoms with Gasteiger partial charge in [0.05, 0.1) is 0 Å². The molecule has 0 aromatic rings. The minimum atomic E-state index is 0.0944. The summed E-state index contributed by atoms with van der Waals surface area (Å²) in [4.78, 5) is 11.6. The summed E-state index contributed by atoms with van der Waals surface area (Å²) in [5, 5.41) is 6.20. The molecule has 0 aliphatic rings. The molecular weight excluding hydrogens is 216 g/mol. The van der Waals surface area contributed by atoms with Gasteiger partial charge in [0.15, 0.2) is 0 Å². The molecule has 0 radical (unpaired) electrons. The molecule has 0 aliphatic heterocycles. The SMILES string of the molecule is COCCC(C)(C)CNC(=O)CCNC(C)C. The maximum Gasteiger partial charge on any atom is 0.221 e. The maximum absolute atomic E-state index is 11.6. The van der Waals surface area contributed by atoms with Crippen molar-refractivity contribution in [3.8, 4) is 0 Å². The zero-order valence-electron chi connectivity index (χ0n) is 11.9. The van der Waals surface area contributed by atoms with E-state index in [1.807, 2.05) is 0 Å². The van der Waals surface area contributed by atoms with E-state index in [9.17, 15) is 4.79 Å². The molecule has 102 valence electrons. The van der Waals surface area contributed by atoms with Crippen LogP contribution in [0.5, 0.6) is 0 Å². The Bertz CT molecular complexity index is 215. The molecule has 0 atom stereocenters. The van der Waals surface area contributed by atoms with Crippen LogP contribution in [0.25, 0.3) is 0 Å². The molecule has 0 saturated heterocycles. The third-order valence-corrected chi connectivity index (χ3v) is 2.65. The molecule has 0 aromatic heterocycles. The molecular formula is C13H28N2O2. The van der Waals surface area contributed by atoms with Crippen LogP contribution in [-0.4, -0.2) is 38.8 Å². The van der Waals surface area contributed by atoms with Crippen molar-refractivity contribution in [3.05, 3.63) is 0 Å². The molecule has 0 unspecified atom stereocenters. The summed E-state index contributed by atoms with van der Waals surface area (Å²) in [5.74, 6) is 0.114. The van der Waals surface area contributed by atoms with Gasteiger partial charge in [0.1, 0.15) is 0 Å². The van der Waals surface area contributed by atoms with E-state index in [4.69, 9.17) is 4.74 Å². The second-order valence-corrected chi connectivity index (χ2v) is 5.54. The molecule has 0 saturated carbocycles. The molecule has 2 N–H and O–H groups in total. The number of carbonyl (C=O) groups is 1. The highest BCUT2D eigenvalue weighted by atomic mass is 16.5. The van der Waals surface area contributed by atoms with Gasteiger partial charge >= 0.3 is 0 Å². The highest BCUT2D eigenvalue weighted by molar-refractivity contribution is 5.76. The van der Waals surface area contributed by atoms with Crippen LogP contribution < -0.4 is 10.6 Å². The largest absolute Gasteiger partial charge is 0.385 e. The minimum absolute atomic E-state index is 0.0944. The van der Waals surface area contributed by atoms with Crippen molar-refractivity contribution in [2.75, 3.05) is 26.8 Å². The van der Waals surface area contributed by atoms with E-state index in [-0.39, 0.29) is 11.3 Å². The lowest BCUT2D eigenvalue weighted by Crippen LogP contribution is -2.36. The molecule has 17 heavy (non-hydrogen) atoms. The van der Waals surface area contributed by atoms with Gasteiger partial charge in [-0.25, -0.2) is 0 Å². The molecule has 0 spiro atoms. The van der Waals surface area contributed by atoms with Crippen LogP contribution in [0.2, 0.25) is 0 Å². The highest BCUT2D eigenvalue weighted by Gasteiger charge is 2.18. The molecule has 0 fully saturated rings. The van der Waals surface area contributed by atoms with Crippen molar-refractivity contribution in [2.45, 2.75) is 46.6 Å². The van der Waals surface area contributed by atoms with Crippen molar-refractivity contribution in [1.29, 1.82) is 0 Å². The van der Waals surface area contributed by atoms with Crippen LogP contribution in [-0.2, 0) is 9.53 Å². The molecule has 4 heteroatoms. The molecule has 0 rings (SSSR count). The summed E-state index contributed by atoms with van der Waals surface area (Å²) >= 11 is 0. The molecule has 1 amide bonds. The van der Waals surface area contributed by atoms with Crippen LogP contribution in [0.1, 0.15) is 40.5 Å².